The summed E-state index contributed by atoms with van der Waals surface area (Å²) in [7, 11) is 3.34. The number of halogens is 1. The minimum absolute atomic E-state index is 0.185. The van der Waals surface area contributed by atoms with Crippen LogP contribution in [0.15, 0.2) is 89.3 Å². The molecule has 0 radical (unpaired) electrons. The van der Waals surface area contributed by atoms with Gasteiger partial charge in [0, 0.05) is 28.0 Å². The lowest BCUT2D eigenvalue weighted by atomic mass is 10.00. The summed E-state index contributed by atoms with van der Waals surface area (Å²) in [6.07, 6.45) is 0.673. The van der Waals surface area contributed by atoms with E-state index >= 15 is 0 Å². The van der Waals surface area contributed by atoms with Crippen LogP contribution in [0, 0.1) is 0 Å². The van der Waals surface area contributed by atoms with Gasteiger partial charge in [-0.25, -0.2) is 15.0 Å². The Hall–Kier alpha value is -3.94. The van der Waals surface area contributed by atoms with Gasteiger partial charge in [-0.3, -0.25) is 0 Å². The highest BCUT2D eigenvalue weighted by Crippen LogP contribution is 2.42. The zero-order valence-electron chi connectivity index (χ0n) is 20.3. The molecule has 3 aromatic carbocycles. The lowest BCUT2D eigenvalue weighted by Crippen LogP contribution is -2.22. The first-order chi connectivity index (χ1) is 18.1. The van der Waals surface area contributed by atoms with Crippen molar-refractivity contribution in [3.05, 3.63) is 99.7 Å². The van der Waals surface area contributed by atoms with Gasteiger partial charge in [0.2, 0.25) is 5.95 Å². The van der Waals surface area contributed by atoms with E-state index in [1.807, 2.05) is 77.8 Å². The number of aromatic nitrogens is 2. The maximum atomic E-state index is 6.37. The summed E-state index contributed by atoms with van der Waals surface area (Å²) in [5.41, 5.74) is 4.52. The normalized spacial score (nSPS) is 15.2. The van der Waals surface area contributed by atoms with Gasteiger partial charge in [-0.05, 0) is 47.8 Å². The molecule has 0 spiro atoms. The fourth-order valence-corrected chi connectivity index (χ4v) is 5.53. The number of hydrogen-bond acceptors (Lipinski definition) is 7. The Morgan fingerprint density at radius 2 is 1.78 bits per heavy atom. The molecule has 3 heterocycles. The highest BCUT2D eigenvalue weighted by atomic mass is 35.5. The van der Waals surface area contributed by atoms with Crippen molar-refractivity contribution in [1.29, 1.82) is 0 Å². The molecule has 0 aliphatic carbocycles. The summed E-state index contributed by atoms with van der Waals surface area (Å²) in [4.78, 5) is 11.1. The van der Waals surface area contributed by atoms with Gasteiger partial charge in [-0.1, -0.05) is 48.0 Å². The fraction of sp³-hybridized carbons (Fsp3) is 0.138. The van der Waals surface area contributed by atoms with E-state index in [-0.39, 0.29) is 6.04 Å². The van der Waals surface area contributed by atoms with Gasteiger partial charge in [0.1, 0.15) is 11.5 Å². The van der Waals surface area contributed by atoms with Gasteiger partial charge in [0.05, 0.1) is 42.1 Å². The zero-order valence-corrected chi connectivity index (χ0v) is 21.8. The molecule has 8 heteroatoms. The number of benzene rings is 3. The van der Waals surface area contributed by atoms with Gasteiger partial charge >= 0.3 is 0 Å². The summed E-state index contributed by atoms with van der Waals surface area (Å²) < 4.78 is 11.3. The van der Waals surface area contributed by atoms with Gasteiger partial charge in [-0.2, -0.15) is 5.10 Å². The molecule has 1 aliphatic heterocycles. The number of methoxy groups -OCH3 is 2. The molecule has 0 N–H and O–H groups in total. The average Bonchev–Trinajstić information content (AvgIpc) is 3.63. The van der Waals surface area contributed by atoms with E-state index in [4.69, 9.17) is 36.1 Å². The summed E-state index contributed by atoms with van der Waals surface area (Å²) in [6, 6.07) is 25.5. The van der Waals surface area contributed by atoms with E-state index in [9.17, 15) is 0 Å². The van der Waals surface area contributed by atoms with Crippen LogP contribution in [-0.2, 0) is 0 Å². The minimum Gasteiger partial charge on any atom is -0.497 e. The Morgan fingerprint density at radius 3 is 2.54 bits per heavy atom. The fourth-order valence-electron chi connectivity index (χ4n) is 4.64. The Kier molecular flexibility index (Phi) is 6.24. The van der Waals surface area contributed by atoms with Crippen molar-refractivity contribution < 1.29 is 9.47 Å². The Balaban J connectivity index is 1.56. The highest BCUT2D eigenvalue weighted by Gasteiger charge is 2.34. The molecule has 1 aliphatic rings. The van der Waals surface area contributed by atoms with Crippen molar-refractivity contribution in [1.82, 2.24) is 9.97 Å². The third kappa shape index (κ3) is 4.41. The van der Waals surface area contributed by atoms with E-state index in [1.165, 1.54) is 0 Å². The number of anilines is 1. The SMILES string of the molecule is COc1ccc(OC)c([C@@H]2CC(c3cccs3)=NN2c2nc(-c3ccccc3)c3cc(Cl)ccc3n2)c1. The molecule has 5 aromatic rings. The first-order valence-electron chi connectivity index (χ1n) is 11.8. The van der Waals surface area contributed by atoms with Crippen molar-refractivity contribution in [2.24, 2.45) is 5.10 Å². The van der Waals surface area contributed by atoms with Crippen LogP contribution in [0.3, 0.4) is 0 Å². The first kappa shape index (κ1) is 23.5. The first-order valence-corrected chi connectivity index (χ1v) is 13.1. The van der Waals surface area contributed by atoms with Crippen molar-refractivity contribution in [3.63, 3.8) is 0 Å². The molecular weight excluding hydrogens is 504 g/mol. The molecule has 37 heavy (non-hydrogen) atoms. The maximum absolute atomic E-state index is 6.37. The van der Waals surface area contributed by atoms with Crippen LogP contribution in [0.25, 0.3) is 22.2 Å². The summed E-state index contributed by atoms with van der Waals surface area (Å²) >= 11 is 8.04. The predicted octanol–water partition coefficient (Wildman–Crippen LogP) is 7.38. The second kappa shape index (κ2) is 9.84. The number of thiophene rings is 1. The average molecular weight is 527 g/mol. The summed E-state index contributed by atoms with van der Waals surface area (Å²) in [6.45, 7) is 0. The molecule has 0 amide bonds. The van der Waals surface area contributed by atoms with Crippen LogP contribution in [0.5, 0.6) is 11.5 Å². The van der Waals surface area contributed by atoms with Gasteiger partial charge in [-0.15, -0.1) is 11.3 Å². The number of ether oxygens (including phenoxy) is 2. The third-order valence-corrected chi connectivity index (χ3v) is 7.56. The molecule has 184 valence electrons. The van der Waals surface area contributed by atoms with Crippen LogP contribution in [0.2, 0.25) is 5.02 Å². The number of hydrazone groups is 1. The van der Waals surface area contributed by atoms with Crippen LogP contribution in [0.1, 0.15) is 22.9 Å². The summed E-state index contributed by atoms with van der Waals surface area (Å²) in [5.74, 6) is 2.02. The van der Waals surface area contributed by atoms with E-state index in [1.54, 1.807) is 25.6 Å². The summed E-state index contributed by atoms with van der Waals surface area (Å²) in [5, 5.41) is 10.6. The van der Waals surface area contributed by atoms with E-state index in [2.05, 4.69) is 11.4 Å². The van der Waals surface area contributed by atoms with Crippen LogP contribution >= 0.6 is 22.9 Å². The molecule has 0 unspecified atom stereocenters. The van der Waals surface area contributed by atoms with Gasteiger partial charge < -0.3 is 9.47 Å². The monoisotopic (exact) mass is 526 g/mol. The molecule has 0 bridgehead atoms. The number of hydrogen-bond donors (Lipinski definition) is 0. The third-order valence-electron chi connectivity index (χ3n) is 6.41. The Morgan fingerprint density at radius 1 is 0.919 bits per heavy atom. The Labute approximate surface area is 223 Å². The van der Waals surface area contributed by atoms with Crippen LogP contribution in [0.4, 0.5) is 5.95 Å². The number of fused-ring (bicyclic) bond motifs is 1. The van der Waals surface area contributed by atoms with Crippen LogP contribution < -0.4 is 14.5 Å². The minimum atomic E-state index is -0.185. The van der Waals surface area contributed by atoms with Crippen molar-refractivity contribution in [2.75, 3.05) is 19.2 Å². The lowest BCUT2D eigenvalue weighted by molar-refractivity contribution is 0.395. The molecule has 6 nitrogen and oxygen atoms in total. The molecule has 1 atom stereocenters. The molecular formula is C29H23ClN4O2S. The molecule has 0 saturated heterocycles. The topological polar surface area (TPSA) is 59.8 Å². The van der Waals surface area contributed by atoms with E-state index < -0.39 is 0 Å². The van der Waals surface area contributed by atoms with Crippen molar-refractivity contribution >= 4 is 45.5 Å². The van der Waals surface area contributed by atoms with Crippen LogP contribution in [-0.4, -0.2) is 29.9 Å². The van der Waals surface area contributed by atoms with E-state index in [0.29, 0.717) is 17.4 Å². The number of rotatable bonds is 6. The van der Waals surface area contributed by atoms with Gasteiger partial charge in [0.25, 0.3) is 0 Å². The van der Waals surface area contributed by atoms with Crippen molar-refractivity contribution in [2.45, 2.75) is 12.5 Å². The molecule has 6 rings (SSSR count). The molecule has 2 aromatic heterocycles. The quantitative estimate of drug-likeness (QED) is 0.231. The van der Waals surface area contributed by atoms with E-state index in [0.717, 1.165) is 49.8 Å². The largest absolute Gasteiger partial charge is 0.497 e. The molecule has 0 fully saturated rings. The zero-order chi connectivity index (χ0) is 25.4. The van der Waals surface area contributed by atoms with Crippen molar-refractivity contribution in [3.8, 4) is 22.8 Å². The molecule has 0 saturated carbocycles. The highest BCUT2D eigenvalue weighted by molar-refractivity contribution is 7.12. The Bertz CT molecular complexity index is 1610. The predicted molar refractivity (Wildman–Crippen MR) is 150 cm³/mol. The smallest absolute Gasteiger partial charge is 0.247 e. The lowest BCUT2D eigenvalue weighted by Gasteiger charge is -2.24. The second-order valence-electron chi connectivity index (χ2n) is 8.60. The second-order valence-corrected chi connectivity index (χ2v) is 9.98. The number of nitrogens with zero attached hydrogens (tertiary/aromatic N) is 4. The van der Waals surface area contributed by atoms with Gasteiger partial charge in [0.15, 0.2) is 0 Å². The standard InChI is InChI=1S/C29H23ClN4O2S/c1-35-20-11-13-26(36-2)22(16-20)25-17-24(27-9-6-14-37-27)33-34(25)29-31-23-12-10-19(30)15-21(23)28(32-29)18-7-4-3-5-8-18/h3-16,25H,17H2,1-2H3/t25-/m0/s1. The maximum Gasteiger partial charge on any atom is 0.247 e.